The summed E-state index contributed by atoms with van der Waals surface area (Å²) in [5, 5.41) is 21.4. The number of H-pyrrole nitrogens is 1. The Kier molecular flexibility index (Phi) is 3.84. The largest absolute Gasteiger partial charge is 0.388 e. The van der Waals surface area contributed by atoms with Crippen molar-refractivity contribution in [2.45, 2.75) is 37.1 Å². The summed E-state index contributed by atoms with van der Waals surface area (Å²) in [4.78, 5) is 25.4. The molecule has 0 amide bonds. The Bertz CT molecular complexity index is 906. The maximum absolute atomic E-state index is 12.0. The van der Waals surface area contributed by atoms with E-state index in [1.165, 1.54) is 12.3 Å². The number of nitrogens with one attached hydrogen (secondary N) is 1. The van der Waals surface area contributed by atoms with Gasteiger partial charge < -0.3 is 19.7 Å². The second-order valence-corrected chi connectivity index (χ2v) is 6.39. The van der Waals surface area contributed by atoms with Crippen molar-refractivity contribution in [3.05, 3.63) is 68.5 Å². The van der Waals surface area contributed by atoms with Gasteiger partial charge in [-0.15, -0.1) is 0 Å². The molecule has 3 heterocycles. The molecule has 1 aromatic carbocycles. The van der Waals surface area contributed by atoms with E-state index in [0.29, 0.717) is 6.42 Å². The lowest BCUT2D eigenvalue weighted by Crippen LogP contribution is -2.65. The summed E-state index contributed by atoms with van der Waals surface area (Å²) in [6.07, 6.45) is -1.86. The van der Waals surface area contributed by atoms with Crippen molar-refractivity contribution < 1.29 is 19.7 Å². The molecule has 132 valence electrons. The molecule has 4 rings (SSSR count). The SMILES string of the molecule is O=c1ccn([C@@H]2OC[C@@H](O)[C@]3(Cc4ccccc4CO3)[C@H]2O)c(=O)[nH]1. The van der Waals surface area contributed by atoms with E-state index in [9.17, 15) is 19.8 Å². The first-order chi connectivity index (χ1) is 12.0. The van der Waals surface area contributed by atoms with Crippen LogP contribution >= 0.6 is 0 Å². The maximum atomic E-state index is 12.0. The number of aliphatic hydroxyl groups excluding tert-OH is 2. The van der Waals surface area contributed by atoms with Crippen LogP contribution in [0.15, 0.2) is 46.1 Å². The minimum Gasteiger partial charge on any atom is -0.388 e. The van der Waals surface area contributed by atoms with Gasteiger partial charge in [0.25, 0.3) is 5.56 Å². The fraction of sp³-hybridized carbons (Fsp3) is 0.412. The Morgan fingerprint density at radius 3 is 2.68 bits per heavy atom. The predicted octanol–water partition coefficient (Wildman–Crippen LogP) is -0.701. The Morgan fingerprint density at radius 1 is 1.16 bits per heavy atom. The Labute approximate surface area is 142 Å². The van der Waals surface area contributed by atoms with Gasteiger partial charge in [-0.1, -0.05) is 24.3 Å². The summed E-state index contributed by atoms with van der Waals surface area (Å²) < 4.78 is 12.5. The van der Waals surface area contributed by atoms with E-state index in [1.54, 1.807) is 0 Å². The first kappa shape index (κ1) is 16.2. The molecule has 2 aliphatic rings. The van der Waals surface area contributed by atoms with Gasteiger partial charge in [0.05, 0.1) is 13.2 Å². The zero-order valence-electron chi connectivity index (χ0n) is 13.3. The van der Waals surface area contributed by atoms with Crippen LogP contribution < -0.4 is 11.2 Å². The van der Waals surface area contributed by atoms with Gasteiger partial charge in [-0.2, -0.15) is 0 Å². The van der Waals surface area contributed by atoms with Gasteiger partial charge in [0, 0.05) is 18.7 Å². The topological polar surface area (TPSA) is 114 Å². The average molecular weight is 346 g/mol. The van der Waals surface area contributed by atoms with Gasteiger partial charge >= 0.3 is 5.69 Å². The van der Waals surface area contributed by atoms with Crippen molar-refractivity contribution in [1.82, 2.24) is 9.55 Å². The third-order valence-electron chi connectivity index (χ3n) is 4.97. The van der Waals surface area contributed by atoms with Crippen molar-refractivity contribution in [2.24, 2.45) is 0 Å². The second kappa shape index (κ2) is 5.92. The maximum Gasteiger partial charge on any atom is 0.330 e. The average Bonchev–Trinajstić information content (AvgIpc) is 2.61. The Balaban J connectivity index is 1.73. The summed E-state index contributed by atoms with van der Waals surface area (Å²) in [6.45, 7) is 0.146. The van der Waals surface area contributed by atoms with Gasteiger partial charge in [0.15, 0.2) is 6.23 Å². The van der Waals surface area contributed by atoms with Crippen LogP contribution in [-0.4, -0.2) is 44.2 Å². The smallest absolute Gasteiger partial charge is 0.330 e. The number of aliphatic hydroxyl groups is 2. The van der Waals surface area contributed by atoms with Gasteiger partial charge in [-0.05, 0) is 11.1 Å². The standard InChI is InChI=1S/C17H18N2O6/c20-12-9-24-15(19-6-5-13(21)18-16(19)23)14(22)17(12)7-10-3-1-2-4-11(10)8-25-17/h1-6,12,14-15,20,22H,7-9H2,(H,18,21,23)/t12-,14+,15-,17-/m1/s1. The van der Waals surface area contributed by atoms with Crippen LogP contribution in [0.25, 0.3) is 0 Å². The lowest BCUT2D eigenvalue weighted by atomic mass is 9.78. The summed E-state index contributed by atoms with van der Waals surface area (Å²) in [6, 6.07) is 8.83. The van der Waals surface area contributed by atoms with E-state index in [0.717, 1.165) is 15.7 Å². The molecule has 2 aromatic rings. The monoisotopic (exact) mass is 346 g/mol. The molecule has 0 bridgehead atoms. The van der Waals surface area contributed by atoms with E-state index in [2.05, 4.69) is 4.98 Å². The highest BCUT2D eigenvalue weighted by Crippen LogP contribution is 2.40. The normalized spacial score (nSPS) is 31.7. The van der Waals surface area contributed by atoms with Crippen LogP contribution in [0.4, 0.5) is 0 Å². The molecular formula is C17H18N2O6. The van der Waals surface area contributed by atoms with Crippen LogP contribution in [0.3, 0.4) is 0 Å². The molecule has 25 heavy (non-hydrogen) atoms. The van der Waals surface area contributed by atoms with E-state index >= 15 is 0 Å². The van der Waals surface area contributed by atoms with E-state index in [-0.39, 0.29) is 13.2 Å². The van der Waals surface area contributed by atoms with Crippen molar-refractivity contribution in [2.75, 3.05) is 6.61 Å². The Morgan fingerprint density at radius 2 is 1.92 bits per heavy atom. The highest BCUT2D eigenvalue weighted by molar-refractivity contribution is 5.31. The summed E-state index contributed by atoms with van der Waals surface area (Å²) in [5.41, 5.74) is -0.547. The number of hydrogen-bond acceptors (Lipinski definition) is 6. The minimum absolute atomic E-state index is 0.102. The fourth-order valence-corrected chi connectivity index (χ4v) is 3.56. The van der Waals surface area contributed by atoms with Crippen LogP contribution in [0.5, 0.6) is 0 Å². The number of nitrogens with zero attached hydrogens (tertiary/aromatic N) is 1. The first-order valence-corrected chi connectivity index (χ1v) is 8.01. The summed E-state index contributed by atoms with van der Waals surface area (Å²) >= 11 is 0. The van der Waals surface area contributed by atoms with E-state index in [1.807, 2.05) is 24.3 Å². The summed E-state index contributed by atoms with van der Waals surface area (Å²) in [5.74, 6) is 0. The molecule has 0 aliphatic carbocycles. The van der Waals surface area contributed by atoms with Crippen molar-refractivity contribution >= 4 is 0 Å². The lowest BCUT2D eigenvalue weighted by molar-refractivity contribution is -0.284. The van der Waals surface area contributed by atoms with Crippen molar-refractivity contribution in [3.63, 3.8) is 0 Å². The molecule has 1 fully saturated rings. The predicted molar refractivity (Wildman–Crippen MR) is 86.0 cm³/mol. The molecule has 8 nitrogen and oxygen atoms in total. The molecule has 0 unspecified atom stereocenters. The van der Waals surface area contributed by atoms with Crippen LogP contribution in [-0.2, 0) is 22.5 Å². The molecule has 4 atom stereocenters. The quantitative estimate of drug-likeness (QED) is 0.629. The van der Waals surface area contributed by atoms with Crippen LogP contribution in [0.1, 0.15) is 17.4 Å². The molecule has 1 aromatic heterocycles. The Hall–Kier alpha value is -2.26. The van der Waals surface area contributed by atoms with Gasteiger partial charge in [-0.25, -0.2) is 4.79 Å². The molecule has 8 heteroatoms. The van der Waals surface area contributed by atoms with Gasteiger partial charge in [-0.3, -0.25) is 14.3 Å². The highest BCUT2D eigenvalue weighted by atomic mass is 16.6. The number of ether oxygens (including phenoxy) is 2. The third-order valence-corrected chi connectivity index (χ3v) is 4.97. The number of hydrogen-bond donors (Lipinski definition) is 3. The van der Waals surface area contributed by atoms with Crippen LogP contribution in [0.2, 0.25) is 0 Å². The second-order valence-electron chi connectivity index (χ2n) is 6.39. The van der Waals surface area contributed by atoms with E-state index < -0.39 is 35.3 Å². The number of benzene rings is 1. The molecule has 1 saturated heterocycles. The molecule has 3 N–H and O–H groups in total. The van der Waals surface area contributed by atoms with Crippen molar-refractivity contribution in [1.29, 1.82) is 0 Å². The third kappa shape index (κ3) is 2.54. The number of fused-ring (bicyclic) bond motifs is 1. The number of rotatable bonds is 1. The van der Waals surface area contributed by atoms with E-state index in [4.69, 9.17) is 9.47 Å². The van der Waals surface area contributed by atoms with Gasteiger partial charge in [0.2, 0.25) is 0 Å². The van der Waals surface area contributed by atoms with Crippen LogP contribution in [0, 0.1) is 0 Å². The zero-order valence-corrected chi connectivity index (χ0v) is 13.3. The summed E-state index contributed by atoms with van der Waals surface area (Å²) in [7, 11) is 0. The highest BCUT2D eigenvalue weighted by Gasteiger charge is 2.55. The molecule has 1 spiro atoms. The first-order valence-electron chi connectivity index (χ1n) is 8.01. The molecule has 2 aliphatic heterocycles. The number of aromatic amines is 1. The fourth-order valence-electron chi connectivity index (χ4n) is 3.56. The molecule has 0 radical (unpaired) electrons. The molecular weight excluding hydrogens is 328 g/mol. The molecule has 0 saturated carbocycles. The van der Waals surface area contributed by atoms with Crippen molar-refractivity contribution in [3.8, 4) is 0 Å². The minimum atomic E-state index is -1.30. The zero-order chi connectivity index (χ0) is 17.6. The lowest BCUT2D eigenvalue weighted by Gasteiger charge is -2.50. The number of aromatic nitrogens is 2. The van der Waals surface area contributed by atoms with Gasteiger partial charge in [0.1, 0.15) is 17.8 Å².